The summed E-state index contributed by atoms with van der Waals surface area (Å²) in [5, 5.41) is 3.17. The molecule has 0 bridgehead atoms. The first-order valence-corrected chi connectivity index (χ1v) is 5.72. The third kappa shape index (κ3) is 2.67. The van der Waals surface area contributed by atoms with Gasteiger partial charge in [0.25, 0.3) is 0 Å². The number of nitrogen functional groups attached to an aromatic ring is 1. The van der Waals surface area contributed by atoms with Crippen molar-refractivity contribution >= 4 is 17.3 Å². The summed E-state index contributed by atoms with van der Waals surface area (Å²) >= 11 is 0. The second kappa shape index (κ2) is 5.43. The van der Waals surface area contributed by atoms with Gasteiger partial charge in [-0.15, -0.1) is 0 Å². The Morgan fingerprint density at radius 3 is 2.63 bits per heavy atom. The fourth-order valence-electron chi connectivity index (χ4n) is 1.62. The molecule has 0 spiro atoms. The third-order valence-corrected chi connectivity index (χ3v) is 2.78. The number of benzene rings is 1. The Kier molecular flexibility index (Phi) is 3.70. The van der Waals surface area contributed by atoms with Crippen LogP contribution in [0.4, 0.5) is 17.3 Å². The van der Waals surface area contributed by atoms with E-state index in [2.05, 4.69) is 15.3 Å². The van der Waals surface area contributed by atoms with Crippen LogP contribution in [0.2, 0.25) is 0 Å². The van der Waals surface area contributed by atoms with Crippen molar-refractivity contribution < 1.29 is 9.47 Å². The zero-order chi connectivity index (χ0) is 13.8. The predicted octanol–water partition coefficient (Wildman–Crippen LogP) is 2.13. The van der Waals surface area contributed by atoms with Crippen LogP contribution in [-0.2, 0) is 0 Å². The van der Waals surface area contributed by atoms with Gasteiger partial charge in [-0.2, -0.15) is 0 Å². The van der Waals surface area contributed by atoms with Crippen molar-refractivity contribution in [2.24, 2.45) is 0 Å². The van der Waals surface area contributed by atoms with E-state index in [1.165, 1.54) is 6.33 Å². The SMILES string of the molecule is COc1ccc(Nc2ncnc(N)c2C)c(OC)c1. The number of nitrogens with one attached hydrogen (secondary N) is 1. The van der Waals surface area contributed by atoms with Gasteiger partial charge in [0.15, 0.2) is 0 Å². The van der Waals surface area contributed by atoms with Crippen molar-refractivity contribution in [2.75, 3.05) is 25.3 Å². The smallest absolute Gasteiger partial charge is 0.146 e. The van der Waals surface area contributed by atoms with E-state index in [1.807, 2.05) is 19.1 Å². The van der Waals surface area contributed by atoms with Crippen molar-refractivity contribution in [3.8, 4) is 11.5 Å². The molecule has 6 nitrogen and oxygen atoms in total. The molecule has 0 saturated carbocycles. The van der Waals surface area contributed by atoms with Crippen molar-refractivity contribution in [1.82, 2.24) is 9.97 Å². The lowest BCUT2D eigenvalue weighted by Crippen LogP contribution is -2.03. The molecule has 0 amide bonds. The van der Waals surface area contributed by atoms with Crippen LogP contribution in [0.3, 0.4) is 0 Å². The molecule has 0 atom stereocenters. The fraction of sp³-hybridized carbons (Fsp3) is 0.231. The minimum atomic E-state index is 0.449. The van der Waals surface area contributed by atoms with E-state index >= 15 is 0 Å². The molecule has 3 N–H and O–H groups in total. The summed E-state index contributed by atoms with van der Waals surface area (Å²) in [5.74, 6) is 2.48. The lowest BCUT2D eigenvalue weighted by molar-refractivity contribution is 0.395. The van der Waals surface area contributed by atoms with E-state index in [9.17, 15) is 0 Å². The van der Waals surface area contributed by atoms with Crippen LogP contribution in [-0.4, -0.2) is 24.2 Å². The Hall–Kier alpha value is -2.50. The Labute approximate surface area is 111 Å². The maximum atomic E-state index is 5.75. The van der Waals surface area contributed by atoms with Crippen LogP contribution in [0.15, 0.2) is 24.5 Å². The van der Waals surface area contributed by atoms with Crippen molar-refractivity contribution in [2.45, 2.75) is 6.92 Å². The molecule has 0 aliphatic carbocycles. The maximum absolute atomic E-state index is 5.75. The number of rotatable bonds is 4. The highest BCUT2D eigenvalue weighted by molar-refractivity contribution is 5.69. The first-order valence-electron chi connectivity index (χ1n) is 5.72. The van der Waals surface area contributed by atoms with Gasteiger partial charge in [-0.3, -0.25) is 0 Å². The Bertz CT molecular complexity index is 587. The van der Waals surface area contributed by atoms with E-state index < -0.39 is 0 Å². The molecule has 1 heterocycles. The quantitative estimate of drug-likeness (QED) is 0.876. The van der Waals surface area contributed by atoms with Crippen molar-refractivity contribution in [3.63, 3.8) is 0 Å². The number of nitrogens with zero attached hydrogens (tertiary/aromatic N) is 2. The fourth-order valence-corrected chi connectivity index (χ4v) is 1.62. The molecule has 6 heteroatoms. The van der Waals surface area contributed by atoms with Gasteiger partial charge in [-0.05, 0) is 19.1 Å². The first kappa shape index (κ1) is 12.9. The molecule has 100 valence electrons. The number of anilines is 3. The molecule has 0 aliphatic rings. The average Bonchev–Trinajstić information content (AvgIpc) is 2.44. The molecule has 2 rings (SSSR count). The van der Waals surface area contributed by atoms with E-state index in [0.29, 0.717) is 17.4 Å². The summed E-state index contributed by atoms with van der Waals surface area (Å²) in [6.45, 7) is 1.85. The van der Waals surface area contributed by atoms with E-state index in [0.717, 1.165) is 17.0 Å². The highest BCUT2D eigenvalue weighted by Gasteiger charge is 2.09. The molecule has 0 saturated heterocycles. The Balaban J connectivity index is 2.35. The zero-order valence-electron chi connectivity index (χ0n) is 11.1. The second-order valence-electron chi connectivity index (χ2n) is 3.92. The zero-order valence-corrected chi connectivity index (χ0v) is 11.1. The summed E-state index contributed by atoms with van der Waals surface area (Å²) in [7, 11) is 3.21. The van der Waals surface area contributed by atoms with Crippen molar-refractivity contribution in [1.29, 1.82) is 0 Å². The summed E-state index contributed by atoms with van der Waals surface area (Å²) < 4.78 is 10.5. The molecule has 0 radical (unpaired) electrons. The lowest BCUT2D eigenvalue weighted by Gasteiger charge is -2.13. The van der Waals surface area contributed by atoms with Gasteiger partial charge in [-0.1, -0.05) is 0 Å². The Morgan fingerprint density at radius 2 is 1.95 bits per heavy atom. The number of methoxy groups -OCH3 is 2. The molecular formula is C13H16N4O2. The van der Waals surface area contributed by atoms with Gasteiger partial charge < -0.3 is 20.5 Å². The molecule has 0 unspecified atom stereocenters. The molecule has 0 fully saturated rings. The summed E-state index contributed by atoms with van der Waals surface area (Å²) in [5.41, 5.74) is 7.32. The largest absolute Gasteiger partial charge is 0.497 e. The molecule has 1 aromatic heterocycles. The van der Waals surface area contributed by atoms with Crippen LogP contribution in [0.25, 0.3) is 0 Å². The minimum Gasteiger partial charge on any atom is -0.497 e. The number of ether oxygens (including phenoxy) is 2. The third-order valence-electron chi connectivity index (χ3n) is 2.78. The highest BCUT2D eigenvalue weighted by Crippen LogP contribution is 2.32. The van der Waals surface area contributed by atoms with Gasteiger partial charge in [-0.25, -0.2) is 9.97 Å². The van der Waals surface area contributed by atoms with Crippen molar-refractivity contribution in [3.05, 3.63) is 30.1 Å². The molecule has 1 aromatic carbocycles. The highest BCUT2D eigenvalue weighted by atomic mass is 16.5. The molecular weight excluding hydrogens is 244 g/mol. The maximum Gasteiger partial charge on any atom is 0.146 e. The second-order valence-corrected chi connectivity index (χ2v) is 3.92. The first-order chi connectivity index (χ1) is 9.15. The van der Waals surface area contributed by atoms with Gasteiger partial charge in [0.1, 0.15) is 29.5 Å². The van der Waals surface area contributed by atoms with Crippen LogP contribution >= 0.6 is 0 Å². The predicted molar refractivity (Wildman–Crippen MR) is 74.0 cm³/mol. The molecule has 19 heavy (non-hydrogen) atoms. The molecule has 0 aliphatic heterocycles. The number of hydrogen-bond donors (Lipinski definition) is 2. The number of nitrogens with two attached hydrogens (primary N) is 1. The summed E-state index contributed by atoms with van der Waals surface area (Å²) in [4.78, 5) is 8.09. The average molecular weight is 260 g/mol. The van der Waals surface area contributed by atoms with Gasteiger partial charge >= 0.3 is 0 Å². The summed E-state index contributed by atoms with van der Waals surface area (Å²) in [6, 6.07) is 5.49. The van der Waals surface area contributed by atoms with Crippen LogP contribution in [0.1, 0.15) is 5.56 Å². The van der Waals surface area contributed by atoms with Crippen LogP contribution < -0.4 is 20.5 Å². The standard InChI is InChI=1S/C13H16N4O2/c1-8-12(14)15-7-16-13(8)17-10-5-4-9(18-2)6-11(10)19-3/h4-7H,1-3H3,(H3,14,15,16,17). The van der Waals surface area contributed by atoms with Crippen LogP contribution in [0, 0.1) is 6.92 Å². The van der Waals surface area contributed by atoms with Crippen LogP contribution in [0.5, 0.6) is 11.5 Å². The number of aromatic nitrogens is 2. The Morgan fingerprint density at radius 1 is 1.16 bits per heavy atom. The lowest BCUT2D eigenvalue weighted by atomic mass is 10.2. The monoisotopic (exact) mass is 260 g/mol. The van der Waals surface area contributed by atoms with Gasteiger partial charge in [0.05, 0.1) is 19.9 Å². The number of hydrogen-bond acceptors (Lipinski definition) is 6. The molecule has 2 aromatic rings. The normalized spacial score (nSPS) is 10.1. The topological polar surface area (TPSA) is 82.3 Å². The van der Waals surface area contributed by atoms with Gasteiger partial charge in [0.2, 0.25) is 0 Å². The summed E-state index contributed by atoms with van der Waals surface area (Å²) in [6.07, 6.45) is 1.42. The van der Waals surface area contributed by atoms with E-state index in [-0.39, 0.29) is 0 Å². The van der Waals surface area contributed by atoms with E-state index in [4.69, 9.17) is 15.2 Å². The van der Waals surface area contributed by atoms with Gasteiger partial charge in [0, 0.05) is 11.6 Å². The minimum absolute atomic E-state index is 0.449. The van der Waals surface area contributed by atoms with E-state index in [1.54, 1.807) is 20.3 Å².